The summed E-state index contributed by atoms with van der Waals surface area (Å²) in [6.07, 6.45) is 1.15. The van der Waals surface area contributed by atoms with E-state index >= 15 is 0 Å². The Morgan fingerprint density at radius 2 is 1.75 bits per heavy atom. The lowest BCUT2D eigenvalue weighted by Gasteiger charge is -2.17. The molecule has 1 rings (SSSR count). The molecule has 0 radical (unpaired) electrons. The number of aryl methyl sites for hydroxylation is 1. The monoisotopic (exact) mass is 298 g/mol. The molecule has 0 atom stereocenters. The van der Waals surface area contributed by atoms with Crippen molar-refractivity contribution >= 4 is 18.9 Å². The first-order valence-electron chi connectivity index (χ1n) is 6.14. The predicted octanol–water partition coefficient (Wildman–Crippen LogP) is 3.38. The molecule has 20 heavy (non-hydrogen) atoms. The fourth-order valence-electron chi connectivity index (χ4n) is 1.61. The van der Waals surface area contributed by atoms with E-state index in [1.165, 1.54) is 14.2 Å². The Bertz CT molecular complexity index is 525. The summed E-state index contributed by atoms with van der Waals surface area (Å²) in [5.74, 6) is -0.586. The van der Waals surface area contributed by atoms with Crippen molar-refractivity contribution in [1.29, 1.82) is 0 Å². The highest BCUT2D eigenvalue weighted by Gasteiger charge is 2.30. The van der Waals surface area contributed by atoms with Gasteiger partial charge in [0.05, 0.1) is 11.9 Å². The van der Waals surface area contributed by atoms with Crippen molar-refractivity contribution in [2.24, 2.45) is 0 Å². The summed E-state index contributed by atoms with van der Waals surface area (Å²) >= 11 is 0. The Kier molecular flexibility index (Phi) is 6.14. The van der Waals surface area contributed by atoms with Gasteiger partial charge in [-0.15, -0.1) is 0 Å². The van der Waals surface area contributed by atoms with Gasteiger partial charge in [0.25, 0.3) is 0 Å². The van der Waals surface area contributed by atoms with Crippen molar-refractivity contribution < 1.29 is 23.1 Å². The zero-order valence-electron chi connectivity index (χ0n) is 12.1. The first-order chi connectivity index (χ1) is 9.46. The number of carbonyl (C=O) groups excluding carboxylic acids is 1. The van der Waals surface area contributed by atoms with Gasteiger partial charge in [0.1, 0.15) is 0 Å². The van der Waals surface area contributed by atoms with Crippen LogP contribution in [0.1, 0.15) is 18.1 Å². The van der Waals surface area contributed by atoms with Crippen molar-refractivity contribution in [2.45, 2.75) is 13.8 Å². The van der Waals surface area contributed by atoms with Gasteiger partial charge in [0.15, 0.2) is 0 Å². The molecule has 0 aliphatic heterocycles. The summed E-state index contributed by atoms with van der Waals surface area (Å²) in [5, 5.41) is 0.181. The van der Waals surface area contributed by atoms with Gasteiger partial charge in [-0.05, 0) is 19.4 Å². The number of hydrogen-bond acceptors (Lipinski definition) is 5. The molecule has 0 aromatic heterocycles. The van der Waals surface area contributed by atoms with Crippen LogP contribution in [0.25, 0.3) is 5.31 Å². The minimum Gasteiger partial charge on any atom is -0.463 e. The largest absolute Gasteiger partial charge is 0.463 e. The molecule has 0 amide bonds. The molecule has 0 bridgehead atoms. The van der Waals surface area contributed by atoms with Crippen molar-refractivity contribution in [2.75, 3.05) is 20.8 Å². The Balaban J connectivity index is 3.31. The fraction of sp³-hybridized carbons (Fsp3) is 0.357. The van der Waals surface area contributed by atoms with E-state index in [-0.39, 0.29) is 11.9 Å². The Hall–Kier alpha value is -1.42. The number of hydrogen-bond donors (Lipinski definition) is 0. The molecule has 5 nitrogen and oxygen atoms in total. The Morgan fingerprint density at radius 1 is 1.20 bits per heavy atom. The molecule has 0 aliphatic rings. The third-order valence-electron chi connectivity index (χ3n) is 2.66. The SMILES string of the molecule is CCOC(=O)/C=C(\c1ccc(C)cc1)P(=O)(OC)OC. The standard InChI is InChI=1S/C14H19O5P/c1-5-19-14(15)10-13(20(16,17-3)18-4)12-8-6-11(2)7-9-12/h6-10H,5H2,1-4H3/b13-10+. The zero-order chi connectivity index (χ0) is 15.2. The second kappa shape index (κ2) is 7.39. The maximum atomic E-state index is 12.6. The topological polar surface area (TPSA) is 61.8 Å². The van der Waals surface area contributed by atoms with E-state index in [0.717, 1.165) is 11.6 Å². The van der Waals surface area contributed by atoms with E-state index in [9.17, 15) is 9.36 Å². The summed E-state index contributed by atoms with van der Waals surface area (Å²) in [6.45, 7) is 3.87. The molecule has 0 unspecified atom stereocenters. The third-order valence-corrected chi connectivity index (χ3v) is 4.60. The van der Waals surface area contributed by atoms with Gasteiger partial charge in [-0.1, -0.05) is 29.8 Å². The van der Waals surface area contributed by atoms with Crippen LogP contribution >= 0.6 is 7.60 Å². The van der Waals surface area contributed by atoms with E-state index in [4.69, 9.17) is 13.8 Å². The van der Waals surface area contributed by atoms with E-state index in [2.05, 4.69) is 0 Å². The Labute approximate surface area is 119 Å². The van der Waals surface area contributed by atoms with Gasteiger partial charge in [-0.2, -0.15) is 0 Å². The third kappa shape index (κ3) is 4.04. The van der Waals surface area contributed by atoms with Crippen LogP contribution in [0.5, 0.6) is 0 Å². The van der Waals surface area contributed by atoms with Crippen LogP contribution in [0, 0.1) is 6.92 Å². The second-order valence-electron chi connectivity index (χ2n) is 4.01. The molecule has 0 N–H and O–H groups in total. The van der Waals surface area contributed by atoms with E-state index in [1.807, 2.05) is 19.1 Å². The number of carbonyl (C=O) groups is 1. The number of rotatable bonds is 6. The normalized spacial score (nSPS) is 12.3. The van der Waals surface area contributed by atoms with E-state index in [1.54, 1.807) is 19.1 Å². The van der Waals surface area contributed by atoms with Crippen LogP contribution in [-0.2, 0) is 23.1 Å². The highest BCUT2D eigenvalue weighted by Crippen LogP contribution is 2.59. The fourth-order valence-corrected chi connectivity index (χ4v) is 2.88. The minimum atomic E-state index is -3.55. The number of ether oxygens (including phenoxy) is 1. The maximum Gasteiger partial charge on any atom is 0.361 e. The average molecular weight is 298 g/mol. The Morgan fingerprint density at radius 3 is 2.20 bits per heavy atom. The first-order valence-corrected chi connectivity index (χ1v) is 7.68. The van der Waals surface area contributed by atoms with Gasteiger partial charge < -0.3 is 13.8 Å². The molecule has 0 aliphatic carbocycles. The van der Waals surface area contributed by atoms with Crippen LogP contribution in [0.4, 0.5) is 0 Å². The summed E-state index contributed by atoms with van der Waals surface area (Å²) in [7, 11) is -0.995. The molecule has 1 aromatic carbocycles. The number of benzene rings is 1. The van der Waals surface area contributed by atoms with Crippen LogP contribution < -0.4 is 0 Å². The highest BCUT2D eigenvalue weighted by molar-refractivity contribution is 7.65. The predicted molar refractivity (Wildman–Crippen MR) is 77.4 cm³/mol. The smallest absolute Gasteiger partial charge is 0.361 e. The molecule has 1 aromatic rings. The first kappa shape index (κ1) is 16.6. The zero-order valence-corrected chi connectivity index (χ0v) is 13.0. The molecule has 0 spiro atoms. The van der Waals surface area contributed by atoms with Gasteiger partial charge in [0, 0.05) is 20.3 Å². The van der Waals surface area contributed by atoms with E-state index in [0.29, 0.717) is 5.56 Å². The molecule has 6 heteroatoms. The lowest BCUT2D eigenvalue weighted by molar-refractivity contribution is -0.137. The summed E-state index contributed by atoms with van der Waals surface area (Å²) in [5.41, 5.74) is 1.64. The second-order valence-corrected chi connectivity index (χ2v) is 6.22. The lowest BCUT2D eigenvalue weighted by atomic mass is 10.1. The molecule has 0 saturated heterocycles. The lowest BCUT2D eigenvalue weighted by Crippen LogP contribution is -2.03. The average Bonchev–Trinajstić information content (AvgIpc) is 2.45. The molecule has 0 heterocycles. The van der Waals surface area contributed by atoms with Crippen molar-refractivity contribution in [1.82, 2.24) is 0 Å². The maximum absolute atomic E-state index is 12.6. The van der Waals surface area contributed by atoms with E-state index < -0.39 is 13.6 Å². The molecule has 0 fully saturated rings. The van der Waals surface area contributed by atoms with Crippen LogP contribution in [0.2, 0.25) is 0 Å². The molecule has 110 valence electrons. The van der Waals surface area contributed by atoms with Crippen LogP contribution in [0.15, 0.2) is 30.3 Å². The van der Waals surface area contributed by atoms with Crippen molar-refractivity contribution in [3.63, 3.8) is 0 Å². The van der Waals surface area contributed by atoms with Crippen molar-refractivity contribution in [3.8, 4) is 0 Å². The quantitative estimate of drug-likeness (QED) is 0.457. The van der Waals surface area contributed by atoms with Gasteiger partial charge >= 0.3 is 13.6 Å². The van der Waals surface area contributed by atoms with Gasteiger partial charge in [-0.25, -0.2) is 4.79 Å². The van der Waals surface area contributed by atoms with Gasteiger partial charge in [0.2, 0.25) is 0 Å². The minimum absolute atomic E-state index is 0.181. The number of esters is 1. The summed E-state index contributed by atoms with van der Waals surface area (Å²) < 4.78 is 27.3. The summed E-state index contributed by atoms with van der Waals surface area (Å²) in [4.78, 5) is 11.6. The van der Waals surface area contributed by atoms with Crippen LogP contribution in [-0.4, -0.2) is 26.8 Å². The highest BCUT2D eigenvalue weighted by atomic mass is 31.2. The molecular weight excluding hydrogens is 279 g/mol. The molecular formula is C14H19O5P. The summed E-state index contributed by atoms with van der Waals surface area (Å²) in [6, 6.07) is 7.21. The molecule has 0 saturated carbocycles. The van der Waals surface area contributed by atoms with Gasteiger partial charge in [-0.3, -0.25) is 4.57 Å². The van der Waals surface area contributed by atoms with Crippen molar-refractivity contribution in [3.05, 3.63) is 41.5 Å². The van der Waals surface area contributed by atoms with Crippen LogP contribution in [0.3, 0.4) is 0 Å².